The Morgan fingerprint density at radius 3 is 2.61 bits per heavy atom. The van der Waals surface area contributed by atoms with Gasteiger partial charge in [-0.1, -0.05) is 12.1 Å². The summed E-state index contributed by atoms with van der Waals surface area (Å²) in [7, 11) is 0. The van der Waals surface area contributed by atoms with E-state index in [1.54, 1.807) is 0 Å². The maximum atomic E-state index is 13.2. The lowest BCUT2D eigenvalue weighted by atomic mass is 9.77. The number of amides is 1. The number of rotatable bonds is 4. The second kappa shape index (κ2) is 6.61. The van der Waals surface area contributed by atoms with E-state index in [4.69, 9.17) is 0 Å². The molecule has 1 N–H and O–H groups in total. The molecule has 0 saturated heterocycles. The van der Waals surface area contributed by atoms with Crippen molar-refractivity contribution < 1.29 is 9.18 Å². The highest BCUT2D eigenvalue weighted by atomic mass is 19.1. The summed E-state index contributed by atoms with van der Waals surface area (Å²) < 4.78 is 13.2. The summed E-state index contributed by atoms with van der Waals surface area (Å²) in [5, 5.41) is 3.21. The van der Waals surface area contributed by atoms with Gasteiger partial charge in [0, 0.05) is 29.4 Å². The smallest absolute Gasteiger partial charge is 0.251 e. The molecule has 2 aliphatic carbocycles. The van der Waals surface area contributed by atoms with E-state index in [1.807, 2.05) is 19.2 Å². The molecular weight excluding hydrogens is 391 g/mol. The van der Waals surface area contributed by atoms with Crippen molar-refractivity contribution in [2.24, 2.45) is 0 Å². The molecule has 0 bridgehead atoms. The van der Waals surface area contributed by atoms with E-state index in [2.05, 4.69) is 38.4 Å². The minimum absolute atomic E-state index is 0.155. The molecule has 2 aromatic carbocycles. The first kappa shape index (κ1) is 18.5. The van der Waals surface area contributed by atoms with Gasteiger partial charge in [0.25, 0.3) is 5.91 Å². The van der Waals surface area contributed by atoms with Crippen LogP contribution in [0, 0.1) is 12.7 Å². The Balaban J connectivity index is 1.31. The summed E-state index contributed by atoms with van der Waals surface area (Å²) in [5.41, 5.74) is 3.90. The van der Waals surface area contributed by atoms with Gasteiger partial charge in [-0.15, -0.1) is 0 Å². The Hall–Kier alpha value is -3.28. The zero-order valence-electron chi connectivity index (χ0n) is 17.3. The summed E-state index contributed by atoms with van der Waals surface area (Å²) >= 11 is 0. The number of nitrogens with one attached hydrogen (secondary N) is 1. The van der Waals surface area contributed by atoms with Crippen molar-refractivity contribution in [2.45, 2.75) is 50.1 Å². The minimum Gasteiger partial charge on any atom is -0.343 e. The average molecular weight is 414 g/mol. The van der Waals surface area contributed by atoms with Gasteiger partial charge in [-0.2, -0.15) is 0 Å². The third kappa shape index (κ3) is 2.92. The van der Waals surface area contributed by atoms with E-state index in [0.29, 0.717) is 17.5 Å². The van der Waals surface area contributed by atoms with Crippen molar-refractivity contribution in [2.75, 3.05) is 4.90 Å². The van der Waals surface area contributed by atoms with Gasteiger partial charge >= 0.3 is 0 Å². The fraction of sp³-hybridized carbons (Fsp3) is 0.320. The highest BCUT2D eigenvalue weighted by Gasteiger charge is 2.49. The molecule has 2 fully saturated rings. The van der Waals surface area contributed by atoms with Gasteiger partial charge in [0.05, 0.1) is 5.54 Å². The molecule has 0 unspecified atom stereocenters. The number of benzene rings is 2. The lowest BCUT2D eigenvalue weighted by molar-refractivity contribution is 0.0930. The number of aryl methyl sites for hydroxylation is 1. The first-order valence-electron chi connectivity index (χ1n) is 10.9. The summed E-state index contributed by atoms with van der Waals surface area (Å²) in [5.74, 6) is 1.75. The van der Waals surface area contributed by atoms with Gasteiger partial charge in [0.15, 0.2) is 0 Å². The van der Waals surface area contributed by atoms with Crippen LogP contribution in [0.15, 0.2) is 54.7 Å². The molecule has 6 rings (SSSR count). The Bertz CT molecular complexity index is 1190. The van der Waals surface area contributed by atoms with E-state index < -0.39 is 0 Å². The fourth-order valence-corrected chi connectivity index (χ4v) is 5.07. The molecule has 1 aromatic heterocycles. The van der Waals surface area contributed by atoms with Gasteiger partial charge in [0.2, 0.25) is 0 Å². The molecule has 3 aliphatic rings. The van der Waals surface area contributed by atoms with Crippen LogP contribution >= 0.6 is 0 Å². The van der Waals surface area contributed by atoms with Crippen molar-refractivity contribution in [3.05, 3.63) is 83.1 Å². The van der Waals surface area contributed by atoms with Crippen LogP contribution in [0.3, 0.4) is 0 Å². The molecule has 3 aromatic rings. The van der Waals surface area contributed by atoms with E-state index in [1.165, 1.54) is 41.9 Å². The highest BCUT2D eigenvalue weighted by molar-refractivity contribution is 5.95. The third-order valence-corrected chi connectivity index (χ3v) is 7.03. The van der Waals surface area contributed by atoms with E-state index >= 15 is 0 Å². The van der Waals surface area contributed by atoms with Crippen LogP contribution < -0.4 is 10.2 Å². The van der Waals surface area contributed by atoms with Crippen LogP contribution in [-0.2, 0) is 5.54 Å². The number of nitrogens with zero attached hydrogens (tertiary/aromatic N) is 3. The summed E-state index contributed by atoms with van der Waals surface area (Å²) in [6.45, 7) is 1.92. The van der Waals surface area contributed by atoms with Crippen LogP contribution in [0.5, 0.6) is 0 Å². The maximum absolute atomic E-state index is 13.2. The zero-order valence-corrected chi connectivity index (χ0v) is 17.3. The fourth-order valence-electron chi connectivity index (χ4n) is 5.07. The normalized spacial score (nSPS) is 22.3. The van der Waals surface area contributed by atoms with Gasteiger partial charge in [-0.3, -0.25) is 4.79 Å². The lowest BCUT2D eigenvalue weighted by Crippen LogP contribution is -2.37. The number of carbonyl (C=O) groups excluding carboxylic acids is 1. The third-order valence-electron chi connectivity index (χ3n) is 7.03. The van der Waals surface area contributed by atoms with Gasteiger partial charge in [-0.25, -0.2) is 14.4 Å². The van der Waals surface area contributed by atoms with E-state index in [9.17, 15) is 9.18 Å². The molecule has 156 valence electrons. The first-order chi connectivity index (χ1) is 15.0. The highest BCUT2D eigenvalue weighted by Crippen LogP contribution is 2.56. The van der Waals surface area contributed by atoms with Crippen LogP contribution in [0.1, 0.15) is 58.9 Å². The van der Waals surface area contributed by atoms with Crippen LogP contribution in [-0.4, -0.2) is 21.9 Å². The Kier molecular flexibility index (Phi) is 3.94. The topological polar surface area (TPSA) is 58.1 Å². The molecule has 2 atom stereocenters. The minimum atomic E-state index is -0.338. The van der Waals surface area contributed by atoms with Crippen molar-refractivity contribution >= 4 is 17.4 Å². The number of aromatic nitrogens is 2. The Morgan fingerprint density at radius 2 is 1.94 bits per heavy atom. The standard InChI is InChI=1S/C25H23FN4O/c1-15-27-13-10-23(28-15)30-21-9-7-19(21)20-14-17(4-8-22(20)30)25(11-12-25)29-24(31)16-2-5-18(26)6-3-16/h2-6,8,10,13-14,19,21H,7,9,11-12H2,1H3,(H,29,31)/t19-,21-/m1/s1. The summed E-state index contributed by atoms with van der Waals surface area (Å²) in [4.78, 5) is 24.0. The van der Waals surface area contributed by atoms with Crippen molar-refractivity contribution in [3.8, 4) is 0 Å². The van der Waals surface area contributed by atoms with Crippen LogP contribution in [0.4, 0.5) is 15.9 Å². The van der Waals surface area contributed by atoms with Gasteiger partial charge in [0.1, 0.15) is 17.5 Å². The van der Waals surface area contributed by atoms with E-state index in [-0.39, 0.29) is 17.3 Å². The first-order valence-corrected chi connectivity index (χ1v) is 10.9. The Morgan fingerprint density at radius 1 is 1.13 bits per heavy atom. The predicted molar refractivity (Wildman–Crippen MR) is 116 cm³/mol. The van der Waals surface area contributed by atoms with Crippen LogP contribution in [0.2, 0.25) is 0 Å². The SMILES string of the molecule is Cc1nccc(N2c3ccc(C4(NC(=O)c5ccc(F)cc5)CC4)cc3[C@H]3CC[C@H]32)n1. The molecule has 0 radical (unpaired) electrons. The largest absolute Gasteiger partial charge is 0.343 e. The van der Waals surface area contributed by atoms with Crippen molar-refractivity contribution in [1.29, 1.82) is 0 Å². The van der Waals surface area contributed by atoms with Gasteiger partial charge < -0.3 is 10.2 Å². The van der Waals surface area contributed by atoms with Crippen LogP contribution in [0.25, 0.3) is 0 Å². The molecule has 1 aliphatic heterocycles. The number of hydrogen-bond acceptors (Lipinski definition) is 4. The number of halogens is 1. The van der Waals surface area contributed by atoms with E-state index in [0.717, 1.165) is 36.5 Å². The lowest BCUT2D eigenvalue weighted by Gasteiger charge is -2.37. The Labute approximate surface area is 180 Å². The number of hydrogen-bond donors (Lipinski definition) is 1. The predicted octanol–water partition coefficient (Wildman–Crippen LogP) is 4.74. The molecule has 31 heavy (non-hydrogen) atoms. The molecule has 2 heterocycles. The number of fused-ring (bicyclic) bond motifs is 3. The molecular formula is C25H23FN4O. The molecule has 5 nitrogen and oxygen atoms in total. The second-order valence-corrected chi connectivity index (χ2v) is 8.90. The summed E-state index contributed by atoms with van der Waals surface area (Å²) in [6.07, 6.45) is 5.99. The average Bonchev–Trinajstić information content (AvgIpc) is 3.48. The molecule has 0 spiro atoms. The van der Waals surface area contributed by atoms with Crippen molar-refractivity contribution in [3.63, 3.8) is 0 Å². The summed E-state index contributed by atoms with van der Waals surface area (Å²) in [6, 6.07) is 14.8. The number of carbonyl (C=O) groups is 1. The van der Waals surface area contributed by atoms with Crippen molar-refractivity contribution in [1.82, 2.24) is 15.3 Å². The number of anilines is 2. The molecule has 1 amide bonds. The van der Waals surface area contributed by atoms with Gasteiger partial charge in [-0.05, 0) is 80.1 Å². The zero-order chi connectivity index (χ0) is 21.2. The quantitative estimate of drug-likeness (QED) is 0.670. The maximum Gasteiger partial charge on any atom is 0.251 e. The molecule has 2 saturated carbocycles. The molecule has 6 heteroatoms. The monoisotopic (exact) mass is 414 g/mol. The second-order valence-electron chi connectivity index (χ2n) is 8.90.